The van der Waals surface area contributed by atoms with Crippen LogP contribution in [0.3, 0.4) is 0 Å². The van der Waals surface area contributed by atoms with Crippen molar-refractivity contribution in [1.82, 2.24) is 15.2 Å². The number of H-pyrrole nitrogens is 1. The third kappa shape index (κ3) is 2.85. The van der Waals surface area contributed by atoms with Gasteiger partial charge in [0, 0.05) is 29.2 Å². The van der Waals surface area contributed by atoms with Gasteiger partial charge in [-0.15, -0.1) is 0 Å². The van der Waals surface area contributed by atoms with Crippen LogP contribution in [0.5, 0.6) is 0 Å². The first kappa shape index (κ1) is 16.7. The van der Waals surface area contributed by atoms with Gasteiger partial charge in [0.05, 0.1) is 6.04 Å². The molecule has 0 spiro atoms. The maximum atomic E-state index is 12.9. The number of hydrogen-bond acceptors (Lipinski definition) is 1. The topological polar surface area (TPSA) is 48.1 Å². The Kier molecular flexibility index (Phi) is 4.19. The van der Waals surface area contributed by atoms with Gasteiger partial charge in [0.2, 0.25) is 0 Å². The third-order valence-corrected chi connectivity index (χ3v) is 5.10. The molecular formula is C22H25N3O. The van der Waals surface area contributed by atoms with E-state index in [4.69, 9.17) is 0 Å². The van der Waals surface area contributed by atoms with E-state index in [0.29, 0.717) is 6.54 Å². The van der Waals surface area contributed by atoms with E-state index in [9.17, 15) is 4.79 Å². The molecular weight excluding hydrogens is 322 g/mol. The van der Waals surface area contributed by atoms with Crippen LogP contribution in [0.2, 0.25) is 0 Å². The molecule has 0 radical (unpaired) electrons. The average Bonchev–Trinajstić information content (AvgIpc) is 3.00. The van der Waals surface area contributed by atoms with Gasteiger partial charge in [-0.2, -0.15) is 0 Å². The van der Waals surface area contributed by atoms with Gasteiger partial charge in [0.1, 0.15) is 0 Å². The van der Waals surface area contributed by atoms with E-state index in [-0.39, 0.29) is 18.1 Å². The lowest BCUT2D eigenvalue weighted by atomic mass is 9.92. The summed E-state index contributed by atoms with van der Waals surface area (Å²) < 4.78 is 0. The van der Waals surface area contributed by atoms with Crippen LogP contribution in [-0.4, -0.2) is 28.5 Å². The molecule has 1 aliphatic rings. The van der Waals surface area contributed by atoms with Crippen molar-refractivity contribution >= 4 is 16.9 Å². The van der Waals surface area contributed by atoms with Gasteiger partial charge in [0.25, 0.3) is 0 Å². The zero-order valence-electron chi connectivity index (χ0n) is 15.5. The molecule has 26 heavy (non-hydrogen) atoms. The number of para-hydroxylation sites is 1. The molecule has 0 aliphatic carbocycles. The van der Waals surface area contributed by atoms with Crippen molar-refractivity contribution in [3.05, 3.63) is 70.9 Å². The molecule has 0 bridgehead atoms. The first-order valence-corrected chi connectivity index (χ1v) is 9.28. The SMILES string of the molecule is Cc1ccc([C@H]2c3[nH]c4ccccc4c3CCN2C(=O)NC(C)C)cc1. The van der Waals surface area contributed by atoms with Gasteiger partial charge in [0.15, 0.2) is 0 Å². The number of carbonyl (C=O) groups excluding carboxylic acids is 1. The third-order valence-electron chi connectivity index (χ3n) is 5.10. The van der Waals surface area contributed by atoms with E-state index in [1.165, 1.54) is 16.5 Å². The second-order valence-electron chi connectivity index (χ2n) is 7.42. The second kappa shape index (κ2) is 6.52. The molecule has 2 aromatic carbocycles. The van der Waals surface area contributed by atoms with Gasteiger partial charge >= 0.3 is 6.03 Å². The highest BCUT2D eigenvalue weighted by atomic mass is 16.2. The van der Waals surface area contributed by atoms with Crippen molar-refractivity contribution in [1.29, 1.82) is 0 Å². The van der Waals surface area contributed by atoms with Crippen molar-refractivity contribution in [3.8, 4) is 0 Å². The van der Waals surface area contributed by atoms with Crippen molar-refractivity contribution < 1.29 is 4.79 Å². The molecule has 1 aliphatic heterocycles. The fraction of sp³-hybridized carbons (Fsp3) is 0.318. The van der Waals surface area contributed by atoms with Gasteiger partial charge in [-0.05, 0) is 44.4 Å². The molecule has 4 rings (SSSR count). The van der Waals surface area contributed by atoms with Gasteiger partial charge < -0.3 is 15.2 Å². The predicted octanol–water partition coefficient (Wildman–Crippen LogP) is 4.54. The van der Waals surface area contributed by atoms with Gasteiger partial charge in [-0.25, -0.2) is 4.79 Å². The minimum Gasteiger partial charge on any atom is -0.356 e. The Morgan fingerprint density at radius 2 is 1.88 bits per heavy atom. The minimum absolute atomic E-state index is 0.00474. The molecule has 134 valence electrons. The zero-order chi connectivity index (χ0) is 18.3. The van der Waals surface area contributed by atoms with Gasteiger partial charge in [-0.1, -0.05) is 48.0 Å². The number of rotatable bonds is 2. The fourth-order valence-corrected chi connectivity index (χ4v) is 3.88. The van der Waals surface area contributed by atoms with Crippen molar-refractivity contribution in [2.75, 3.05) is 6.54 Å². The highest BCUT2D eigenvalue weighted by molar-refractivity contribution is 5.86. The number of aromatic nitrogens is 1. The van der Waals surface area contributed by atoms with Crippen LogP contribution in [0.1, 0.15) is 42.3 Å². The monoisotopic (exact) mass is 347 g/mol. The summed E-state index contributed by atoms with van der Waals surface area (Å²) in [5, 5.41) is 4.33. The molecule has 0 unspecified atom stereocenters. The Balaban J connectivity index is 1.84. The van der Waals surface area contributed by atoms with Crippen LogP contribution in [-0.2, 0) is 6.42 Å². The number of nitrogens with zero attached hydrogens (tertiary/aromatic N) is 1. The first-order valence-electron chi connectivity index (χ1n) is 9.28. The Hall–Kier alpha value is -2.75. The van der Waals surface area contributed by atoms with E-state index in [2.05, 4.69) is 65.8 Å². The summed E-state index contributed by atoms with van der Waals surface area (Å²) in [6.45, 7) is 6.79. The molecule has 2 amide bonds. The predicted molar refractivity (Wildman–Crippen MR) is 105 cm³/mol. The number of urea groups is 1. The summed E-state index contributed by atoms with van der Waals surface area (Å²) in [4.78, 5) is 18.4. The second-order valence-corrected chi connectivity index (χ2v) is 7.42. The van der Waals surface area contributed by atoms with E-state index < -0.39 is 0 Å². The normalized spacial score (nSPS) is 16.8. The average molecular weight is 347 g/mol. The number of aromatic amines is 1. The Labute approximate surface area is 154 Å². The summed E-state index contributed by atoms with van der Waals surface area (Å²) in [6.07, 6.45) is 0.868. The molecule has 4 heteroatoms. The standard InChI is InChI=1S/C22H25N3O/c1-14(2)23-22(26)25-13-12-18-17-6-4-5-7-19(17)24-20(18)21(25)16-10-8-15(3)9-11-16/h4-11,14,21,24H,12-13H2,1-3H3,(H,23,26)/t21-/m0/s1. The van der Waals surface area contributed by atoms with E-state index in [1.807, 2.05) is 18.7 Å². The number of benzene rings is 2. The van der Waals surface area contributed by atoms with Crippen LogP contribution in [0, 0.1) is 6.92 Å². The van der Waals surface area contributed by atoms with E-state index in [0.717, 1.165) is 23.2 Å². The van der Waals surface area contributed by atoms with E-state index in [1.54, 1.807) is 0 Å². The molecule has 4 nitrogen and oxygen atoms in total. The summed E-state index contributed by atoms with van der Waals surface area (Å²) in [5.41, 5.74) is 5.97. The smallest absolute Gasteiger partial charge is 0.318 e. The summed E-state index contributed by atoms with van der Waals surface area (Å²) in [7, 11) is 0. The van der Waals surface area contributed by atoms with Gasteiger partial charge in [-0.3, -0.25) is 0 Å². The molecule has 1 atom stereocenters. The van der Waals surface area contributed by atoms with Crippen molar-refractivity contribution in [2.45, 2.75) is 39.3 Å². The lowest BCUT2D eigenvalue weighted by molar-refractivity contribution is 0.177. The summed E-state index contributed by atoms with van der Waals surface area (Å²) in [6, 6.07) is 16.9. The molecule has 0 saturated heterocycles. The number of fused-ring (bicyclic) bond motifs is 3. The number of amides is 2. The maximum absolute atomic E-state index is 12.9. The molecule has 2 N–H and O–H groups in total. The summed E-state index contributed by atoms with van der Waals surface area (Å²) >= 11 is 0. The fourth-order valence-electron chi connectivity index (χ4n) is 3.88. The van der Waals surface area contributed by atoms with Crippen LogP contribution in [0.4, 0.5) is 4.79 Å². The minimum atomic E-state index is -0.0921. The number of hydrogen-bond donors (Lipinski definition) is 2. The highest BCUT2D eigenvalue weighted by Gasteiger charge is 2.34. The number of nitrogens with one attached hydrogen (secondary N) is 2. The molecule has 0 saturated carbocycles. The van der Waals surface area contributed by atoms with Crippen LogP contribution in [0.25, 0.3) is 10.9 Å². The largest absolute Gasteiger partial charge is 0.356 e. The first-order chi connectivity index (χ1) is 12.5. The number of aryl methyl sites for hydroxylation is 1. The molecule has 0 fully saturated rings. The maximum Gasteiger partial charge on any atom is 0.318 e. The van der Waals surface area contributed by atoms with Crippen LogP contribution in [0.15, 0.2) is 48.5 Å². The number of carbonyl (C=O) groups is 1. The van der Waals surface area contributed by atoms with E-state index >= 15 is 0 Å². The quantitative estimate of drug-likeness (QED) is 0.702. The Bertz CT molecular complexity index is 940. The van der Waals surface area contributed by atoms with Crippen LogP contribution >= 0.6 is 0 Å². The summed E-state index contributed by atoms with van der Waals surface area (Å²) in [5.74, 6) is 0. The Morgan fingerprint density at radius 1 is 1.15 bits per heavy atom. The molecule has 1 aromatic heterocycles. The highest BCUT2D eigenvalue weighted by Crippen LogP contribution is 2.38. The molecule has 3 aromatic rings. The lowest BCUT2D eigenvalue weighted by Crippen LogP contribution is -2.47. The molecule has 2 heterocycles. The zero-order valence-corrected chi connectivity index (χ0v) is 15.5. The van der Waals surface area contributed by atoms with Crippen molar-refractivity contribution in [3.63, 3.8) is 0 Å². The lowest BCUT2D eigenvalue weighted by Gasteiger charge is -2.36. The Morgan fingerprint density at radius 3 is 2.62 bits per heavy atom. The van der Waals surface area contributed by atoms with Crippen molar-refractivity contribution in [2.24, 2.45) is 0 Å². The van der Waals surface area contributed by atoms with Crippen LogP contribution < -0.4 is 5.32 Å².